The van der Waals surface area contributed by atoms with Crippen molar-refractivity contribution in [2.45, 2.75) is 33.2 Å². The van der Waals surface area contributed by atoms with Gasteiger partial charge in [-0.15, -0.1) is 0 Å². The van der Waals surface area contributed by atoms with E-state index in [1.165, 1.54) is 0 Å². The third-order valence-electron chi connectivity index (χ3n) is 3.26. The van der Waals surface area contributed by atoms with Crippen LogP contribution in [0.2, 0.25) is 0 Å². The van der Waals surface area contributed by atoms with Crippen molar-refractivity contribution in [2.75, 3.05) is 26.5 Å². The number of benzene rings is 1. The van der Waals surface area contributed by atoms with Crippen LogP contribution in [-0.2, 0) is 26.2 Å². The van der Waals surface area contributed by atoms with Gasteiger partial charge in [0.2, 0.25) is 5.91 Å². The number of carbonyl (C=O) groups is 1. The fraction of sp³-hybridized carbons (Fsp3) is 0.588. The lowest BCUT2D eigenvalue weighted by Gasteiger charge is -2.24. The lowest BCUT2D eigenvalue weighted by atomic mass is 10.1. The second-order valence-corrected chi connectivity index (χ2v) is 7.77. The molecule has 0 aliphatic heterocycles. The van der Waals surface area contributed by atoms with Crippen LogP contribution in [0.4, 0.5) is 0 Å². The van der Waals surface area contributed by atoms with Crippen LogP contribution in [0.15, 0.2) is 24.3 Å². The minimum Gasteiger partial charge on any atom is -0.385 e. The molecule has 0 bridgehead atoms. The van der Waals surface area contributed by atoms with Gasteiger partial charge in [-0.25, -0.2) is 0 Å². The third-order valence-corrected chi connectivity index (χ3v) is 3.75. The van der Waals surface area contributed by atoms with Crippen LogP contribution in [0.3, 0.4) is 0 Å². The van der Waals surface area contributed by atoms with E-state index in [1.807, 2.05) is 18.7 Å². The highest BCUT2D eigenvalue weighted by molar-refractivity contribution is 7.86. The van der Waals surface area contributed by atoms with E-state index in [0.717, 1.165) is 18.2 Å². The number of methoxy groups -OCH3 is 1. The molecule has 136 valence electrons. The first-order chi connectivity index (χ1) is 11.2. The molecule has 6 nitrogen and oxygen atoms in total. The number of hydrogen-bond acceptors (Lipinski definition) is 5. The summed E-state index contributed by atoms with van der Waals surface area (Å²) in [5, 5.41) is 0. The second-order valence-electron chi connectivity index (χ2n) is 6.19. The number of carbonyl (C=O) groups excluding carboxylic acids is 1. The molecule has 24 heavy (non-hydrogen) atoms. The zero-order chi connectivity index (χ0) is 18.2. The molecule has 0 aromatic heterocycles. The topological polar surface area (TPSA) is 72.9 Å². The minimum atomic E-state index is -3.53. The van der Waals surface area contributed by atoms with E-state index < -0.39 is 10.1 Å². The van der Waals surface area contributed by atoms with Gasteiger partial charge >= 0.3 is 10.1 Å². The molecule has 0 spiro atoms. The van der Waals surface area contributed by atoms with Crippen LogP contribution >= 0.6 is 0 Å². The van der Waals surface area contributed by atoms with Gasteiger partial charge in [0.15, 0.2) is 0 Å². The largest absolute Gasteiger partial charge is 0.385 e. The van der Waals surface area contributed by atoms with E-state index in [-0.39, 0.29) is 11.7 Å². The van der Waals surface area contributed by atoms with E-state index in [2.05, 4.69) is 0 Å². The number of amides is 1. The average molecular weight is 357 g/mol. The van der Waals surface area contributed by atoms with E-state index in [0.29, 0.717) is 32.0 Å². The van der Waals surface area contributed by atoms with Crippen molar-refractivity contribution in [1.82, 2.24) is 4.90 Å². The highest BCUT2D eigenvalue weighted by atomic mass is 32.2. The molecule has 0 aliphatic rings. The fourth-order valence-electron chi connectivity index (χ4n) is 2.22. The summed E-state index contributed by atoms with van der Waals surface area (Å²) in [5.41, 5.74) is 0.922. The number of hydrogen-bond donors (Lipinski definition) is 0. The zero-order valence-corrected chi connectivity index (χ0v) is 15.6. The van der Waals surface area contributed by atoms with E-state index in [4.69, 9.17) is 8.92 Å². The predicted molar refractivity (Wildman–Crippen MR) is 93.3 cm³/mol. The van der Waals surface area contributed by atoms with E-state index in [1.54, 1.807) is 31.4 Å². The highest BCUT2D eigenvalue weighted by Crippen LogP contribution is 2.16. The molecule has 1 aromatic rings. The van der Waals surface area contributed by atoms with Crippen LogP contribution in [0, 0.1) is 5.92 Å². The number of rotatable bonds is 10. The lowest BCUT2D eigenvalue weighted by Crippen LogP contribution is -2.32. The molecule has 1 amide bonds. The smallest absolute Gasteiger partial charge is 0.306 e. The molecular weight excluding hydrogens is 330 g/mol. The molecule has 1 rings (SSSR count). The summed E-state index contributed by atoms with van der Waals surface area (Å²) in [4.78, 5) is 14.2. The van der Waals surface area contributed by atoms with Gasteiger partial charge in [-0.3, -0.25) is 4.79 Å². The highest BCUT2D eigenvalue weighted by Gasteiger charge is 2.15. The van der Waals surface area contributed by atoms with Crippen molar-refractivity contribution in [3.63, 3.8) is 0 Å². The minimum absolute atomic E-state index is 0.109. The van der Waals surface area contributed by atoms with Crippen molar-refractivity contribution in [2.24, 2.45) is 5.92 Å². The summed E-state index contributed by atoms with van der Waals surface area (Å²) < 4.78 is 32.1. The van der Waals surface area contributed by atoms with Crippen molar-refractivity contribution < 1.29 is 22.1 Å². The summed E-state index contributed by atoms with van der Waals surface area (Å²) in [5.74, 6) is 0.672. The van der Waals surface area contributed by atoms with Crippen molar-refractivity contribution in [3.05, 3.63) is 29.8 Å². The molecule has 0 radical (unpaired) electrons. The zero-order valence-electron chi connectivity index (χ0n) is 14.8. The fourth-order valence-corrected chi connectivity index (χ4v) is 2.68. The van der Waals surface area contributed by atoms with Crippen LogP contribution in [0.5, 0.6) is 5.75 Å². The summed E-state index contributed by atoms with van der Waals surface area (Å²) in [7, 11) is -1.89. The molecule has 0 fully saturated rings. The average Bonchev–Trinajstić information content (AvgIpc) is 2.46. The number of nitrogens with zero attached hydrogens (tertiary/aromatic N) is 1. The predicted octanol–water partition coefficient (Wildman–Crippen LogP) is 2.44. The van der Waals surface area contributed by atoms with Gasteiger partial charge in [-0.05, 0) is 30.0 Å². The van der Waals surface area contributed by atoms with E-state index >= 15 is 0 Å². The van der Waals surface area contributed by atoms with Crippen LogP contribution in [0.1, 0.15) is 32.3 Å². The summed E-state index contributed by atoms with van der Waals surface area (Å²) in [6, 6.07) is 6.73. The van der Waals surface area contributed by atoms with Crippen molar-refractivity contribution in [3.8, 4) is 5.75 Å². The molecule has 0 aliphatic carbocycles. The van der Waals surface area contributed by atoms with Gasteiger partial charge in [-0.1, -0.05) is 26.0 Å². The van der Waals surface area contributed by atoms with Crippen molar-refractivity contribution in [1.29, 1.82) is 0 Å². The standard InChI is InChI=1S/C17H27NO5S/c1-14(2)12-17(19)18(10-5-11-22-3)13-15-6-8-16(9-7-15)23-24(4,20)21/h6-9,14H,5,10-13H2,1-4H3. The molecule has 1 aromatic carbocycles. The Labute approximate surface area is 144 Å². The first-order valence-electron chi connectivity index (χ1n) is 7.96. The molecule has 0 N–H and O–H groups in total. The van der Waals surface area contributed by atoms with Gasteiger partial charge in [0.25, 0.3) is 0 Å². The Bertz CT molecular complexity index is 610. The quantitative estimate of drug-likeness (QED) is 0.475. The maximum absolute atomic E-state index is 12.4. The maximum atomic E-state index is 12.4. The van der Waals surface area contributed by atoms with Gasteiger partial charge in [0.05, 0.1) is 6.26 Å². The monoisotopic (exact) mass is 357 g/mol. The Kier molecular flexibility index (Phi) is 8.21. The second kappa shape index (κ2) is 9.64. The summed E-state index contributed by atoms with van der Waals surface area (Å²) >= 11 is 0. The summed E-state index contributed by atoms with van der Waals surface area (Å²) in [6.07, 6.45) is 2.28. The van der Waals surface area contributed by atoms with Gasteiger partial charge < -0.3 is 13.8 Å². The Hall–Kier alpha value is -1.60. The van der Waals surface area contributed by atoms with Gasteiger partial charge in [0, 0.05) is 33.2 Å². The number of ether oxygens (including phenoxy) is 1. The molecule has 0 heterocycles. The van der Waals surface area contributed by atoms with Gasteiger partial charge in [0.1, 0.15) is 5.75 Å². The SMILES string of the molecule is COCCCN(Cc1ccc(OS(C)(=O)=O)cc1)C(=O)CC(C)C. The molecule has 0 saturated carbocycles. The van der Waals surface area contributed by atoms with Crippen molar-refractivity contribution >= 4 is 16.0 Å². The Balaban J connectivity index is 2.75. The molecule has 0 atom stereocenters. The molecular formula is C17H27NO5S. The Morgan fingerprint density at radius 2 is 1.83 bits per heavy atom. The molecule has 7 heteroatoms. The molecule has 0 saturated heterocycles. The molecule has 0 unspecified atom stereocenters. The first kappa shape index (κ1) is 20.4. The Morgan fingerprint density at radius 3 is 2.33 bits per heavy atom. The normalized spacial score (nSPS) is 11.5. The lowest BCUT2D eigenvalue weighted by molar-refractivity contribution is -0.132. The third kappa shape index (κ3) is 8.31. The Morgan fingerprint density at radius 1 is 1.21 bits per heavy atom. The maximum Gasteiger partial charge on any atom is 0.306 e. The summed E-state index contributed by atoms with van der Waals surface area (Å²) in [6.45, 7) is 5.74. The van der Waals surface area contributed by atoms with Crippen LogP contribution < -0.4 is 4.18 Å². The van der Waals surface area contributed by atoms with Crippen LogP contribution in [0.25, 0.3) is 0 Å². The van der Waals surface area contributed by atoms with Gasteiger partial charge in [-0.2, -0.15) is 8.42 Å². The van der Waals surface area contributed by atoms with E-state index in [9.17, 15) is 13.2 Å². The van der Waals surface area contributed by atoms with Crippen LogP contribution in [-0.4, -0.2) is 45.7 Å². The first-order valence-corrected chi connectivity index (χ1v) is 9.78.